The van der Waals surface area contributed by atoms with Crippen LogP contribution in [0.25, 0.3) is 0 Å². The number of carbonyl (C=O) groups is 1. The number of hydrogen-bond acceptors (Lipinski definition) is 2. The van der Waals surface area contributed by atoms with Gasteiger partial charge in [-0.15, -0.1) is 0 Å². The van der Waals surface area contributed by atoms with Crippen molar-refractivity contribution in [3.05, 3.63) is 76.1 Å². The number of hydrogen-bond donors (Lipinski definition) is 2. The molecule has 0 aliphatic carbocycles. The third-order valence-corrected chi connectivity index (χ3v) is 4.89. The highest BCUT2D eigenvalue weighted by molar-refractivity contribution is 6.01. The number of aromatic nitrogens is 2. The number of nitrogens with zero attached hydrogens (tertiary/aromatic N) is 2. The molecule has 0 radical (unpaired) electrons. The molecule has 0 unspecified atom stereocenters. The van der Waals surface area contributed by atoms with Crippen LogP contribution in [0.5, 0.6) is 0 Å². The standard InChI is InChI=1S/C22H26N4O/c1-14-8-6-10-19(12-14)13-26-18(5)21(17(4)25-26)24-22(27)23-20-11-7-9-15(2)16(20)3/h6-12H,13H2,1-5H3,(H2,23,24,27). The molecule has 1 heterocycles. The zero-order valence-corrected chi connectivity index (χ0v) is 16.6. The van der Waals surface area contributed by atoms with E-state index in [1.807, 2.05) is 56.6 Å². The zero-order valence-electron chi connectivity index (χ0n) is 16.6. The Kier molecular flexibility index (Phi) is 5.31. The van der Waals surface area contributed by atoms with Gasteiger partial charge in [-0.1, -0.05) is 42.0 Å². The maximum absolute atomic E-state index is 12.5. The minimum Gasteiger partial charge on any atom is -0.307 e. The van der Waals surface area contributed by atoms with Crippen LogP contribution in [0.1, 0.15) is 33.6 Å². The molecular weight excluding hydrogens is 336 g/mol. The number of urea groups is 1. The largest absolute Gasteiger partial charge is 0.323 e. The molecule has 5 nitrogen and oxygen atoms in total. The van der Waals surface area contributed by atoms with Crippen molar-refractivity contribution in [2.45, 2.75) is 41.2 Å². The van der Waals surface area contributed by atoms with Crippen molar-refractivity contribution in [2.75, 3.05) is 10.6 Å². The average molecular weight is 362 g/mol. The summed E-state index contributed by atoms with van der Waals surface area (Å²) in [5.74, 6) is 0. The molecule has 0 aliphatic rings. The first kappa shape index (κ1) is 18.7. The Balaban J connectivity index is 1.76. The van der Waals surface area contributed by atoms with Crippen LogP contribution in [0.2, 0.25) is 0 Å². The van der Waals surface area contributed by atoms with E-state index in [0.717, 1.165) is 33.9 Å². The molecule has 0 saturated carbocycles. The maximum Gasteiger partial charge on any atom is 0.323 e. The van der Waals surface area contributed by atoms with Crippen LogP contribution in [0.3, 0.4) is 0 Å². The lowest BCUT2D eigenvalue weighted by atomic mass is 10.1. The fourth-order valence-corrected chi connectivity index (χ4v) is 3.17. The second-order valence-corrected chi connectivity index (χ2v) is 7.02. The second kappa shape index (κ2) is 7.66. The van der Waals surface area contributed by atoms with Crippen LogP contribution in [0, 0.1) is 34.6 Å². The molecular formula is C22H26N4O. The van der Waals surface area contributed by atoms with Crippen molar-refractivity contribution >= 4 is 17.4 Å². The Morgan fingerprint density at radius 2 is 1.74 bits per heavy atom. The normalized spacial score (nSPS) is 10.7. The van der Waals surface area contributed by atoms with Gasteiger partial charge in [0.1, 0.15) is 0 Å². The van der Waals surface area contributed by atoms with Gasteiger partial charge in [-0.2, -0.15) is 5.10 Å². The lowest BCUT2D eigenvalue weighted by Gasteiger charge is -2.12. The van der Waals surface area contributed by atoms with E-state index in [9.17, 15) is 4.79 Å². The molecule has 27 heavy (non-hydrogen) atoms. The van der Waals surface area contributed by atoms with Crippen molar-refractivity contribution < 1.29 is 4.79 Å². The zero-order chi connectivity index (χ0) is 19.6. The number of carbonyl (C=O) groups excluding carboxylic acids is 1. The lowest BCUT2D eigenvalue weighted by Crippen LogP contribution is -2.21. The molecule has 0 bridgehead atoms. The van der Waals surface area contributed by atoms with Gasteiger partial charge in [0.05, 0.1) is 23.6 Å². The SMILES string of the molecule is Cc1cccc(Cn2nc(C)c(NC(=O)Nc3cccc(C)c3C)c2C)c1. The van der Waals surface area contributed by atoms with E-state index in [0.29, 0.717) is 6.54 Å². The number of aryl methyl sites for hydroxylation is 3. The molecule has 5 heteroatoms. The number of amides is 2. The van der Waals surface area contributed by atoms with Crippen LogP contribution in [0.4, 0.5) is 16.2 Å². The second-order valence-electron chi connectivity index (χ2n) is 7.02. The first-order valence-corrected chi connectivity index (χ1v) is 9.09. The Labute approximate surface area is 160 Å². The van der Waals surface area contributed by atoms with Crippen LogP contribution in [-0.2, 0) is 6.54 Å². The average Bonchev–Trinajstić information content (AvgIpc) is 2.86. The highest BCUT2D eigenvalue weighted by Gasteiger charge is 2.15. The Morgan fingerprint density at radius 3 is 2.48 bits per heavy atom. The van der Waals surface area contributed by atoms with E-state index >= 15 is 0 Å². The quantitative estimate of drug-likeness (QED) is 0.677. The number of nitrogens with one attached hydrogen (secondary N) is 2. The maximum atomic E-state index is 12.5. The third kappa shape index (κ3) is 4.19. The van der Waals surface area contributed by atoms with E-state index in [1.165, 1.54) is 11.1 Å². The van der Waals surface area contributed by atoms with E-state index in [2.05, 4.69) is 40.9 Å². The van der Waals surface area contributed by atoms with Gasteiger partial charge in [-0.05, 0) is 57.4 Å². The van der Waals surface area contributed by atoms with Gasteiger partial charge in [0, 0.05) is 5.69 Å². The number of benzene rings is 2. The molecule has 140 valence electrons. The molecule has 2 amide bonds. The molecule has 0 spiro atoms. The number of anilines is 2. The van der Waals surface area contributed by atoms with E-state index in [1.54, 1.807) is 0 Å². The van der Waals surface area contributed by atoms with Gasteiger partial charge >= 0.3 is 6.03 Å². The Morgan fingerprint density at radius 1 is 1.00 bits per heavy atom. The fraction of sp³-hybridized carbons (Fsp3) is 0.273. The first-order valence-electron chi connectivity index (χ1n) is 9.09. The lowest BCUT2D eigenvalue weighted by molar-refractivity contribution is 0.262. The summed E-state index contributed by atoms with van der Waals surface area (Å²) in [6, 6.07) is 14.0. The molecule has 0 fully saturated rings. The minimum atomic E-state index is -0.259. The van der Waals surface area contributed by atoms with Gasteiger partial charge in [0.2, 0.25) is 0 Å². The van der Waals surface area contributed by atoms with Gasteiger partial charge in [0.15, 0.2) is 0 Å². The summed E-state index contributed by atoms with van der Waals surface area (Å²) in [4.78, 5) is 12.5. The van der Waals surface area contributed by atoms with Crippen molar-refractivity contribution in [2.24, 2.45) is 0 Å². The van der Waals surface area contributed by atoms with Crippen molar-refractivity contribution in [1.29, 1.82) is 0 Å². The summed E-state index contributed by atoms with van der Waals surface area (Å²) in [7, 11) is 0. The van der Waals surface area contributed by atoms with Crippen LogP contribution in [-0.4, -0.2) is 15.8 Å². The fourth-order valence-electron chi connectivity index (χ4n) is 3.17. The third-order valence-electron chi connectivity index (χ3n) is 4.89. The highest BCUT2D eigenvalue weighted by atomic mass is 16.2. The molecule has 3 aromatic rings. The predicted molar refractivity (Wildman–Crippen MR) is 111 cm³/mol. The van der Waals surface area contributed by atoms with Crippen LogP contribution < -0.4 is 10.6 Å². The van der Waals surface area contributed by atoms with Gasteiger partial charge in [-0.3, -0.25) is 4.68 Å². The summed E-state index contributed by atoms with van der Waals surface area (Å²) in [6.07, 6.45) is 0. The van der Waals surface area contributed by atoms with Gasteiger partial charge < -0.3 is 10.6 Å². The summed E-state index contributed by atoms with van der Waals surface area (Å²) >= 11 is 0. The molecule has 1 aromatic heterocycles. The molecule has 0 aliphatic heterocycles. The molecule has 0 atom stereocenters. The summed E-state index contributed by atoms with van der Waals surface area (Å²) in [6.45, 7) is 10.7. The molecule has 2 aromatic carbocycles. The van der Waals surface area contributed by atoms with Crippen LogP contribution >= 0.6 is 0 Å². The first-order chi connectivity index (χ1) is 12.8. The van der Waals surface area contributed by atoms with Crippen LogP contribution in [0.15, 0.2) is 42.5 Å². The van der Waals surface area contributed by atoms with E-state index in [4.69, 9.17) is 0 Å². The summed E-state index contributed by atoms with van der Waals surface area (Å²) in [5, 5.41) is 10.5. The van der Waals surface area contributed by atoms with Crippen molar-refractivity contribution in [3.63, 3.8) is 0 Å². The van der Waals surface area contributed by atoms with E-state index in [-0.39, 0.29) is 6.03 Å². The van der Waals surface area contributed by atoms with E-state index < -0.39 is 0 Å². The molecule has 3 rings (SSSR count). The Hall–Kier alpha value is -3.08. The summed E-state index contributed by atoms with van der Waals surface area (Å²) in [5.41, 5.74) is 7.93. The minimum absolute atomic E-state index is 0.259. The topological polar surface area (TPSA) is 59.0 Å². The number of rotatable bonds is 4. The van der Waals surface area contributed by atoms with Gasteiger partial charge in [0.25, 0.3) is 0 Å². The smallest absolute Gasteiger partial charge is 0.307 e. The monoisotopic (exact) mass is 362 g/mol. The van der Waals surface area contributed by atoms with Crippen molar-refractivity contribution in [3.8, 4) is 0 Å². The Bertz CT molecular complexity index is 988. The molecule has 0 saturated heterocycles. The summed E-state index contributed by atoms with van der Waals surface area (Å²) < 4.78 is 1.93. The molecule has 2 N–H and O–H groups in total. The van der Waals surface area contributed by atoms with Gasteiger partial charge in [-0.25, -0.2) is 4.79 Å². The predicted octanol–water partition coefficient (Wildman–Crippen LogP) is 5.12. The highest BCUT2D eigenvalue weighted by Crippen LogP contribution is 2.22. The van der Waals surface area contributed by atoms with Crippen molar-refractivity contribution in [1.82, 2.24) is 9.78 Å².